The van der Waals surface area contributed by atoms with Gasteiger partial charge in [0.15, 0.2) is 0 Å². The van der Waals surface area contributed by atoms with Gasteiger partial charge < -0.3 is 9.80 Å². The average molecular weight is 250 g/mol. The van der Waals surface area contributed by atoms with Crippen molar-refractivity contribution in [2.45, 2.75) is 70.4 Å². The standard InChI is InChI=1S/C16H30N2/c1-14-6-2-3-10-17(14)12-15-7-5-11-18(13-15)16-8-4-9-16/h14-16H,2-13H2,1H3/t14-,15-/m0/s1. The first-order valence-corrected chi connectivity index (χ1v) is 8.31. The van der Waals surface area contributed by atoms with Crippen molar-refractivity contribution in [1.29, 1.82) is 0 Å². The number of hydrogen-bond acceptors (Lipinski definition) is 2. The van der Waals surface area contributed by atoms with Crippen LogP contribution in [0.25, 0.3) is 0 Å². The molecule has 0 aromatic heterocycles. The molecule has 2 heterocycles. The van der Waals surface area contributed by atoms with Crippen molar-refractivity contribution < 1.29 is 0 Å². The predicted octanol–water partition coefficient (Wildman–Crippen LogP) is 3.13. The van der Waals surface area contributed by atoms with E-state index < -0.39 is 0 Å². The van der Waals surface area contributed by atoms with Crippen LogP contribution in [0.15, 0.2) is 0 Å². The van der Waals surface area contributed by atoms with Gasteiger partial charge >= 0.3 is 0 Å². The zero-order valence-corrected chi connectivity index (χ0v) is 12.1. The summed E-state index contributed by atoms with van der Waals surface area (Å²) >= 11 is 0. The molecular formula is C16H30N2. The van der Waals surface area contributed by atoms with Crippen LogP contribution >= 0.6 is 0 Å². The van der Waals surface area contributed by atoms with Crippen molar-refractivity contribution in [3.05, 3.63) is 0 Å². The zero-order chi connectivity index (χ0) is 12.4. The van der Waals surface area contributed by atoms with E-state index in [1.807, 2.05) is 0 Å². The number of nitrogens with zero attached hydrogens (tertiary/aromatic N) is 2. The molecule has 18 heavy (non-hydrogen) atoms. The first kappa shape index (κ1) is 12.9. The Bertz CT molecular complexity index is 262. The molecule has 1 aliphatic carbocycles. The quantitative estimate of drug-likeness (QED) is 0.759. The highest BCUT2D eigenvalue weighted by molar-refractivity contribution is 4.86. The third-order valence-electron chi connectivity index (χ3n) is 5.57. The molecule has 0 amide bonds. The molecule has 2 atom stereocenters. The summed E-state index contributed by atoms with van der Waals surface area (Å²) in [6.45, 7) is 7.96. The Morgan fingerprint density at radius 3 is 2.50 bits per heavy atom. The minimum atomic E-state index is 0.845. The molecule has 3 rings (SSSR count). The fourth-order valence-corrected chi connectivity index (χ4v) is 4.09. The summed E-state index contributed by atoms with van der Waals surface area (Å²) in [7, 11) is 0. The van der Waals surface area contributed by atoms with E-state index in [9.17, 15) is 0 Å². The summed E-state index contributed by atoms with van der Waals surface area (Å²) in [5.74, 6) is 0.958. The first-order valence-electron chi connectivity index (χ1n) is 8.31. The van der Waals surface area contributed by atoms with E-state index in [0.29, 0.717) is 0 Å². The summed E-state index contributed by atoms with van der Waals surface area (Å²) in [5.41, 5.74) is 0. The van der Waals surface area contributed by atoms with Crippen LogP contribution in [0, 0.1) is 5.92 Å². The van der Waals surface area contributed by atoms with Crippen molar-refractivity contribution in [3.8, 4) is 0 Å². The van der Waals surface area contributed by atoms with Gasteiger partial charge in [-0.15, -0.1) is 0 Å². The molecule has 104 valence electrons. The van der Waals surface area contributed by atoms with Crippen LogP contribution in [-0.4, -0.2) is 48.1 Å². The van der Waals surface area contributed by atoms with Gasteiger partial charge in [0.1, 0.15) is 0 Å². The van der Waals surface area contributed by atoms with Gasteiger partial charge in [0.25, 0.3) is 0 Å². The van der Waals surface area contributed by atoms with Gasteiger partial charge in [-0.25, -0.2) is 0 Å². The van der Waals surface area contributed by atoms with Crippen molar-refractivity contribution >= 4 is 0 Å². The van der Waals surface area contributed by atoms with Crippen LogP contribution in [0.5, 0.6) is 0 Å². The van der Waals surface area contributed by atoms with Crippen molar-refractivity contribution in [3.63, 3.8) is 0 Å². The van der Waals surface area contributed by atoms with E-state index in [2.05, 4.69) is 16.7 Å². The van der Waals surface area contributed by atoms with Crippen LogP contribution in [-0.2, 0) is 0 Å². The summed E-state index contributed by atoms with van der Waals surface area (Å²) in [6.07, 6.45) is 11.7. The summed E-state index contributed by atoms with van der Waals surface area (Å²) < 4.78 is 0. The van der Waals surface area contributed by atoms with E-state index in [4.69, 9.17) is 0 Å². The lowest BCUT2D eigenvalue weighted by Gasteiger charge is -2.44. The van der Waals surface area contributed by atoms with E-state index in [0.717, 1.165) is 18.0 Å². The second kappa shape index (κ2) is 5.92. The minimum Gasteiger partial charge on any atom is -0.300 e. The lowest BCUT2D eigenvalue weighted by atomic mass is 9.87. The van der Waals surface area contributed by atoms with Gasteiger partial charge in [0.2, 0.25) is 0 Å². The summed E-state index contributed by atoms with van der Waals surface area (Å²) in [6, 6.07) is 1.81. The Morgan fingerprint density at radius 1 is 0.889 bits per heavy atom. The third-order valence-corrected chi connectivity index (χ3v) is 5.57. The molecule has 0 bridgehead atoms. The topological polar surface area (TPSA) is 6.48 Å². The largest absolute Gasteiger partial charge is 0.300 e. The summed E-state index contributed by atoms with van der Waals surface area (Å²) in [4.78, 5) is 5.59. The molecule has 2 heteroatoms. The van der Waals surface area contributed by atoms with Crippen molar-refractivity contribution in [2.75, 3.05) is 26.2 Å². The van der Waals surface area contributed by atoms with E-state index >= 15 is 0 Å². The molecule has 0 spiro atoms. The Hall–Kier alpha value is -0.0800. The van der Waals surface area contributed by atoms with Crippen LogP contribution in [0.4, 0.5) is 0 Å². The van der Waals surface area contributed by atoms with E-state index in [-0.39, 0.29) is 0 Å². The van der Waals surface area contributed by atoms with Crippen LogP contribution in [0.3, 0.4) is 0 Å². The number of hydrogen-bond donors (Lipinski definition) is 0. The van der Waals surface area contributed by atoms with E-state index in [1.54, 1.807) is 0 Å². The molecular weight excluding hydrogens is 220 g/mol. The number of likely N-dealkylation sites (tertiary alicyclic amines) is 2. The van der Waals surface area contributed by atoms with Gasteiger partial charge in [-0.1, -0.05) is 12.8 Å². The van der Waals surface area contributed by atoms with Gasteiger partial charge in [-0.2, -0.15) is 0 Å². The monoisotopic (exact) mass is 250 g/mol. The summed E-state index contributed by atoms with van der Waals surface area (Å²) in [5, 5.41) is 0. The maximum atomic E-state index is 2.81. The van der Waals surface area contributed by atoms with Gasteiger partial charge in [-0.3, -0.25) is 0 Å². The maximum Gasteiger partial charge on any atom is 0.00954 e. The van der Waals surface area contributed by atoms with Crippen molar-refractivity contribution in [1.82, 2.24) is 9.80 Å². The number of rotatable bonds is 3. The smallest absolute Gasteiger partial charge is 0.00954 e. The Kier molecular flexibility index (Phi) is 4.25. The minimum absolute atomic E-state index is 0.845. The SMILES string of the molecule is C[C@H]1CCCCN1C[C@@H]1CCCN(C2CCC2)C1. The van der Waals surface area contributed by atoms with Crippen LogP contribution < -0.4 is 0 Å². The Balaban J connectivity index is 1.49. The zero-order valence-electron chi connectivity index (χ0n) is 12.1. The molecule has 3 fully saturated rings. The average Bonchev–Trinajstić information content (AvgIpc) is 2.31. The molecule has 3 aliphatic rings. The first-order chi connectivity index (χ1) is 8.83. The molecule has 0 radical (unpaired) electrons. The van der Waals surface area contributed by atoms with E-state index in [1.165, 1.54) is 77.5 Å². The molecule has 2 nitrogen and oxygen atoms in total. The van der Waals surface area contributed by atoms with Gasteiger partial charge in [0, 0.05) is 25.2 Å². The molecule has 2 saturated heterocycles. The highest BCUT2D eigenvalue weighted by atomic mass is 15.2. The van der Waals surface area contributed by atoms with Crippen LogP contribution in [0.2, 0.25) is 0 Å². The lowest BCUT2D eigenvalue weighted by molar-refractivity contribution is 0.0500. The highest BCUT2D eigenvalue weighted by Crippen LogP contribution is 2.30. The molecule has 2 aliphatic heterocycles. The van der Waals surface area contributed by atoms with Crippen molar-refractivity contribution in [2.24, 2.45) is 5.92 Å². The van der Waals surface area contributed by atoms with Gasteiger partial charge in [-0.05, 0) is 64.5 Å². The molecule has 0 aromatic carbocycles. The maximum absolute atomic E-state index is 2.81. The normalized spacial score (nSPS) is 36.5. The molecule has 0 N–H and O–H groups in total. The second-order valence-electron chi connectivity index (χ2n) is 6.93. The Labute approximate surface area is 113 Å². The predicted molar refractivity (Wildman–Crippen MR) is 76.8 cm³/mol. The van der Waals surface area contributed by atoms with Crippen LogP contribution in [0.1, 0.15) is 58.3 Å². The third kappa shape index (κ3) is 2.91. The fourth-order valence-electron chi connectivity index (χ4n) is 4.09. The van der Waals surface area contributed by atoms with Gasteiger partial charge in [0.05, 0.1) is 0 Å². The molecule has 0 unspecified atom stereocenters. The molecule has 0 aromatic rings. The number of piperidine rings is 2. The molecule has 1 saturated carbocycles. The second-order valence-corrected chi connectivity index (χ2v) is 6.93. The fraction of sp³-hybridized carbons (Fsp3) is 1.00. The highest BCUT2D eigenvalue weighted by Gasteiger charge is 2.31. The Morgan fingerprint density at radius 2 is 1.78 bits per heavy atom. The lowest BCUT2D eigenvalue weighted by Crippen LogP contribution is -2.49.